The first kappa shape index (κ1) is 18.2. The minimum atomic E-state index is -0.291. The number of benzene rings is 2. The molecule has 0 unspecified atom stereocenters. The van der Waals surface area contributed by atoms with Crippen molar-refractivity contribution in [2.45, 2.75) is 25.2 Å². The largest absolute Gasteiger partial charge is 0.326 e. The Kier molecular flexibility index (Phi) is 6.55. The Morgan fingerprint density at radius 3 is 2.25 bits per heavy atom. The van der Waals surface area contributed by atoms with Crippen LogP contribution in [-0.4, -0.2) is 17.4 Å². The molecule has 24 heavy (non-hydrogen) atoms. The Morgan fingerprint density at radius 2 is 1.67 bits per heavy atom. The zero-order valence-corrected chi connectivity index (χ0v) is 14.5. The molecule has 1 N–H and O–H groups in total. The number of rotatable bonds is 7. The molecule has 5 heteroatoms. The standard InChI is InChI=1S/C19H20FNO2S/c1-13(2)11-19(23)21-16-7-3-14(4-8-16)18(22)12-24-17-9-5-15(20)6-10-17/h3-10,13H,11-12H2,1-2H3,(H,21,23). The Bertz CT molecular complexity index is 696. The van der Waals surface area contributed by atoms with E-state index in [1.54, 1.807) is 36.4 Å². The number of thioether (sulfide) groups is 1. The minimum Gasteiger partial charge on any atom is -0.326 e. The van der Waals surface area contributed by atoms with E-state index in [1.165, 1.54) is 23.9 Å². The molecule has 0 saturated carbocycles. The molecule has 2 rings (SSSR count). The summed E-state index contributed by atoms with van der Waals surface area (Å²) in [7, 11) is 0. The van der Waals surface area contributed by atoms with Crippen LogP contribution in [0.3, 0.4) is 0 Å². The van der Waals surface area contributed by atoms with Crippen LogP contribution in [0.4, 0.5) is 10.1 Å². The van der Waals surface area contributed by atoms with Gasteiger partial charge in [-0.1, -0.05) is 13.8 Å². The van der Waals surface area contributed by atoms with Crippen molar-refractivity contribution >= 4 is 29.1 Å². The third kappa shape index (κ3) is 5.81. The van der Waals surface area contributed by atoms with E-state index in [0.29, 0.717) is 23.6 Å². The molecule has 0 bridgehead atoms. The van der Waals surface area contributed by atoms with Gasteiger partial charge >= 0.3 is 0 Å². The van der Waals surface area contributed by atoms with Crippen molar-refractivity contribution in [3.8, 4) is 0 Å². The number of halogens is 1. The third-order valence-corrected chi connectivity index (χ3v) is 4.28. The fourth-order valence-corrected chi connectivity index (χ4v) is 2.88. The van der Waals surface area contributed by atoms with Crippen LogP contribution in [0.2, 0.25) is 0 Å². The van der Waals surface area contributed by atoms with E-state index >= 15 is 0 Å². The maximum absolute atomic E-state index is 12.8. The molecular formula is C19H20FNO2S. The van der Waals surface area contributed by atoms with E-state index in [0.717, 1.165) is 4.90 Å². The molecule has 0 fully saturated rings. The van der Waals surface area contributed by atoms with Crippen LogP contribution >= 0.6 is 11.8 Å². The zero-order valence-electron chi connectivity index (χ0n) is 13.7. The molecule has 126 valence electrons. The summed E-state index contributed by atoms with van der Waals surface area (Å²) in [6, 6.07) is 12.9. The lowest BCUT2D eigenvalue weighted by molar-refractivity contribution is -0.116. The Morgan fingerprint density at radius 1 is 1.04 bits per heavy atom. The number of carbonyl (C=O) groups is 2. The van der Waals surface area contributed by atoms with Gasteiger partial charge in [-0.3, -0.25) is 9.59 Å². The van der Waals surface area contributed by atoms with Crippen LogP contribution in [-0.2, 0) is 4.79 Å². The summed E-state index contributed by atoms with van der Waals surface area (Å²) in [5, 5.41) is 2.81. The maximum atomic E-state index is 12.8. The quantitative estimate of drug-likeness (QED) is 0.580. The average Bonchev–Trinajstić information content (AvgIpc) is 2.54. The van der Waals surface area contributed by atoms with Crippen molar-refractivity contribution in [1.29, 1.82) is 0 Å². The summed E-state index contributed by atoms with van der Waals surface area (Å²) in [4.78, 5) is 24.7. The van der Waals surface area contributed by atoms with E-state index in [-0.39, 0.29) is 23.3 Å². The number of Topliss-reactive ketones (excluding diaryl/α,β-unsaturated/α-hetero) is 1. The van der Waals surface area contributed by atoms with Crippen molar-refractivity contribution in [3.63, 3.8) is 0 Å². The Hall–Kier alpha value is -2.14. The second kappa shape index (κ2) is 8.64. The molecule has 1 amide bonds. The number of anilines is 1. The van der Waals surface area contributed by atoms with Gasteiger partial charge in [0.15, 0.2) is 5.78 Å². The molecule has 0 radical (unpaired) electrons. The van der Waals surface area contributed by atoms with Crippen molar-refractivity contribution < 1.29 is 14.0 Å². The van der Waals surface area contributed by atoms with Crippen molar-refractivity contribution in [3.05, 3.63) is 59.9 Å². The summed E-state index contributed by atoms with van der Waals surface area (Å²) < 4.78 is 12.8. The highest BCUT2D eigenvalue weighted by atomic mass is 32.2. The zero-order chi connectivity index (χ0) is 17.5. The molecule has 0 heterocycles. The summed E-state index contributed by atoms with van der Waals surface area (Å²) in [5.41, 5.74) is 1.27. The van der Waals surface area contributed by atoms with E-state index in [1.807, 2.05) is 13.8 Å². The molecule has 3 nitrogen and oxygen atoms in total. The van der Waals surface area contributed by atoms with Gasteiger partial charge in [-0.15, -0.1) is 11.8 Å². The third-order valence-electron chi connectivity index (χ3n) is 3.27. The van der Waals surface area contributed by atoms with Crippen LogP contribution in [0.25, 0.3) is 0 Å². The number of nitrogens with one attached hydrogen (secondary N) is 1. The maximum Gasteiger partial charge on any atom is 0.224 e. The molecule has 0 aliphatic rings. The molecule has 0 saturated heterocycles. The number of amides is 1. The van der Waals surface area contributed by atoms with Crippen molar-refractivity contribution in [1.82, 2.24) is 0 Å². The fourth-order valence-electron chi connectivity index (χ4n) is 2.09. The molecule has 0 aliphatic carbocycles. The van der Waals surface area contributed by atoms with Gasteiger partial charge in [0.1, 0.15) is 5.82 Å². The normalized spacial score (nSPS) is 10.7. The summed E-state index contributed by atoms with van der Waals surface area (Å²) in [6.07, 6.45) is 0.467. The minimum absolute atomic E-state index is 0.00983. The lowest BCUT2D eigenvalue weighted by Gasteiger charge is -2.08. The van der Waals surface area contributed by atoms with Gasteiger partial charge in [-0.2, -0.15) is 0 Å². The first-order chi connectivity index (χ1) is 11.4. The van der Waals surface area contributed by atoms with Crippen LogP contribution in [0.1, 0.15) is 30.6 Å². The highest BCUT2D eigenvalue weighted by molar-refractivity contribution is 8.00. The van der Waals surface area contributed by atoms with Crippen molar-refractivity contribution in [2.24, 2.45) is 5.92 Å². The average molecular weight is 345 g/mol. The van der Waals surface area contributed by atoms with Gasteiger partial charge < -0.3 is 5.32 Å². The summed E-state index contributed by atoms with van der Waals surface area (Å²) in [6.45, 7) is 3.97. The molecule has 2 aromatic carbocycles. The van der Waals surface area contributed by atoms with Gasteiger partial charge in [0.2, 0.25) is 5.91 Å². The smallest absolute Gasteiger partial charge is 0.224 e. The SMILES string of the molecule is CC(C)CC(=O)Nc1ccc(C(=O)CSc2ccc(F)cc2)cc1. The lowest BCUT2D eigenvalue weighted by atomic mass is 10.1. The number of carbonyl (C=O) groups excluding carboxylic acids is 2. The van der Waals surface area contributed by atoms with E-state index in [2.05, 4.69) is 5.32 Å². The predicted octanol–water partition coefficient (Wildman–Crippen LogP) is 4.79. The van der Waals surface area contributed by atoms with Gasteiger partial charge in [-0.25, -0.2) is 4.39 Å². The summed E-state index contributed by atoms with van der Waals surface area (Å²) >= 11 is 1.37. The fraction of sp³-hybridized carbons (Fsp3) is 0.263. The highest BCUT2D eigenvalue weighted by Crippen LogP contribution is 2.20. The monoisotopic (exact) mass is 345 g/mol. The van der Waals surface area contributed by atoms with E-state index in [9.17, 15) is 14.0 Å². The predicted molar refractivity (Wildman–Crippen MR) is 96.0 cm³/mol. The Balaban J connectivity index is 1.88. The number of hydrogen-bond donors (Lipinski definition) is 1. The molecule has 2 aromatic rings. The first-order valence-corrected chi connectivity index (χ1v) is 8.74. The number of ketones is 1. The van der Waals surface area contributed by atoms with Gasteiger partial charge in [0.05, 0.1) is 5.75 Å². The van der Waals surface area contributed by atoms with E-state index in [4.69, 9.17) is 0 Å². The first-order valence-electron chi connectivity index (χ1n) is 7.75. The second-order valence-corrected chi connectivity index (χ2v) is 6.94. The van der Waals surface area contributed by atoms with E-state index < -0.39 is 0 Å². The van der Waals surface area contributed by atoms with Crippen LogP contribution in [0, 0.1) is 11.7 Å². The molecule has 0 atom stereocenters. The van der Waals surface area contributed by atoms with Crippen molar-refractivity contribution in [2.75, 3.05) is 11.1 Å². The number of hydrogen-bond acceptors (Lipinski definition) is 3. The second-order valence-electron chi connectivity index (χ2n) is 5.89. The van der Waals surface area contributed by atoms with Gasteiger partial charge in [0.25, 0.3) is 0 Å². The molecule has 0 aliphatic heterocycles. The summed E-state index contributed by atoms with van der Waals surface area (Å²) in [5.74, 6) is 0.250. The van der Waals surface area contributed by atoms with Gasteiger partial charge in [-0.05, 0) is 54.4 Å². The Labute approximate surface area is 145 Å². The lowest BCUT2D eigenvalue weighted by Crippen LogP contribution is -2.14. The van der Waals surface area contributed by atoms with Gasteiger partial charge in [0, 0.05) is 22.6 Å². The van der Waals surface area contributed by atoms with Crippen LogP contribution in [0.15, 0.2) is 53.4 Å². The van der Waals surface area contributed by atoms with Crippen LogP contribution in [0.5, 0.6) is 0 Å². The molecule has 0 aromatic heterocycles. The highest BCUT2D eigenvalue weighted by Gasteiger charge is 2.09. The topological polar surface area (TPSA) is 46.2 Å². The van der Waals surface area contributed by atoms with Crippen LogP contribution < -0.4 is 5.32 Å². The molecule has 0 spiro atoms. The molecular weight excluding hydrogens is 325 g/mol.